The quantitative estimate of drug-likeness (QED) is 0.767. The van der Waals surface area contributed by atoms with Crippen LogP contribution in [-0.2, 0) is 10.0 Å². The first-order valence-electron chi connectivity index (χ1n) is 7.21. The second-order valence-electron chi connectivity index (χ2n) is 5.58. The molecule has 5 nitrogen and oxygen atoms in total. The molecule has 1 heterocycles. The number of rotatable bonds is 4. The minimum atomic E-state index is -3.87. The molecule has 24 heavy (non-hydrogen) atoms. The molecule has 3 rings (SSSR count). The third-order valence-corrected chi connectivity index (χ3v) is 5.79. The molecule has 0 unspecified atom stereocenters. The van der Waals surface area contributed by atoms with E-state index in [2.05, 4.69) is 4.72 Å². The van der Waals surface area contributed by atoms with Gasteiger partial charge >= 0.3 is 4.87 Å². The maximum absolute atomic E-state index is 13.2. The van der Waals surface area contributed by atoms with Crippen LogP contribution in [0.25, 0.3) is 10.2 Å². The van der Waals surface area contributed by atoms with Crippen LogP contribution in [0.2, 0.25) is 0 Å². The van der Waals surface area contributed by atoms with Crippen molar-refractivity contribution in [1.29, 1.82) is 0 Å². The van der Waals surface area contributed by atoms with Crippen molar-refractivity contribution in [2.45, 2.75) is 24.8 Å². The highest BCUT2D eigenvalue weighted by atomic mass is 32.2. The van der Waals surface area contributed by atoms with Crippen LogP contribution >= 0.6 is 11.3 Å². The molecule has 3 aromatic rings. The molecule has 8 heteroatoms. The second kappa shape index (κ2) is 6.03. The van der Waals surface area contributed by atoms with Crippen molar-refractivity contribution in [1.82, 2.24) is 4.57 Å². The number of halogens is 1. The lowest BCUT2D eigenvalue weighted by molar-refractivity contribution is 0.601. The van der Waals surface area contributed by atoms with Crippen molar-refractivity contribution in [3.8, 4) is 0 Å². The Labute approximate surface area is 142 Å². The molecular weight excluding hydrogens is 351 g/mol. The fraction of sp³-hybridized carbons (Fsp3) is 0.188. The molecule has 0 radical (unpaired) electrons. The van der Waals surface area contributed by atoms with Gasteiger partial charge < -0.3 is 0 Å². The van der Waals surface area contributed by atoms with Gasteiger partial charge in [-0.05, 0) is 50.2 Å². The molecule has 0 saturated heterocycles. The first-order chi connectivity index (χ1) is 11.3. The van der Waals surface area contributed by atoms with Gasteiger partial charge in [0.15, 0.2) is 0 Å². The van der Waals surface area contributed by atoms with E-state index in [-0.39, 0.29) is 21.5 Å². The van der Waals surface area contributed by atoms with Crippen molar-refractivity contribution in [2.75, 3.05) is 4.72 Å². The van der Waals surface area contributed by atoms with Gasteiger partial charge in [0.2, 0.25) is 0 Å². The van der Waals surface area contributed by atoms with Gasteiger partial charge in [-0.2, -0.15) is 0 Å². The van der Waals surface area contributed by atoms with Gasteiger partial charge in [-0.1, -0.05) is 17.4 Å². The van der Waals surface area contributed by atoms with Crippen LogP contribution in [0.15, 0.2) is 52.2 Å². The highest BCUT2D eigenvalue weighted by molar-refractivity contribution is 7.92. The monoisotopic (exact) mass is 366 g/mol. The minimum absolute atomic E-state index is 0.0147. The summed E-state index contributed by atoms with van der Waals surface area (Å²) >= 11 is 1.00. The Morgan fingerprint density at radius 3 is 2.58 bits per heavy atom. The predicted octanol–water partition coefficient (Wildman–Crippen LogP) is 3.58. The lowest BCUT2D eigenvalue weighted by atomic mass is 10.3. The fourth-order valence-corrected chi connectivity index (χ4v) is 4.64. The normalized spacial score (nSPS) is 12.0. The number of sulfonamides is 1. The summed E-state index contributed by atoms with van der Waals surface area (Å²) in [6, 6.07) is 9.72. The number of aromatic nitrogens is 1. The maximum atomic E-state index is 13.2. The Morgan fingerprint density at radius 2 is 1.92 bits per heavy atom. The first-order valence-corrected chi connectivity index (χ1v) is 9.51. The number of hydrogen-bond acceptors (Lipinski definition) is 4. The standard InChI is InChI=1S/C16H15FN2O3S2/c1-10(2)19-14-7-6-13(9-15(14)23-16(19)20)24(21,22)18-12-5-3-4-11(17)8-12/h3-10,18H,1-2H3. The Bertz CT molecular complexity index is 1070. The van der Waals surface area contributed by atoms with Gasteiger partial charge in [0.05, 0.1) is 20.8 Å². The summed E-state index contributed by atoms with van der Waals surface area (Å²) in [6.07, 6.45) is 0. The van der Waals surface area contributed by atoms with Crippen LogP contribution in [0.4, 0.5) is 10.1 Å². The second-order valence-corrected chi connectivity index (χ2v) is 8.25. The van der Waals surface area contributed by atoms with E-state index in [1.165, 1.54) is 30.3 Å². The van der Waals surface area contributed by atoms with E-state index < -0.39 is 15.8 Å². The Morgan fingerprint density at radius 1 is 1.17 bits per heavy atom. The molecule has 0 aliphatic rings. The number of anilines is 1. The van der Waals surface area contributed by atoms with Crippen molar-refractivity contribution in [2.24, 2.45) is 0 Å². The van der Waals surface area contributed by atoms with E-state index in [9.17, 15) is 17.6 Å². The third-order valence-electron chi connectivity index (χ3n) is 3.49. The van der Waals surface area contributed by atoms with Gasteiger partial charge in [-0.15, -0.1) is 0 Å². The zero-order valence-corrected chi connectivity index (χ0v) is 14.6. The van der Waals surface area contributed by atoms with Gasteiger partial charge in [-0.3, -0.25) is 14.1 Å². The molecule has 0 amide bonds. The van der Waals surface area contributed by atoms with Gasteiger partial charge in [0.25, 0.3) is 10.0 Å². The van der Waals surface area contributed by atoms with Crippen LogP contribution in [-0.4, -0.2) is 13.0 Å². The number of benzene rings is 2. The van der Waals surface area contributed by atoms with Crippen LogP contribution < -0.4 is 9.60 Å². The summed E-state index contributed by atoms with van der Waals surface area (Å²) in [4.78, 5) is 11.9. The van der Waals surface area contributed by atoms with Gasteiger partial charge in [0.1, 0.15) is 5.82 Å². The van der Waals surface area contributed by atoms with Crippen molar-refractivity contribution >= 4 is 37.3 Å². The number of fused-ring (bicyclic) bond motifs is 1. The summed E-state index contributed by atoms with van der Waals surface area (Å²) in [5, 5.41) is 0. The first kappa shape index (κ1) is 16.7. The Kier molecular flexibility index (Phi) is 4.18. The third kappa shape index (κ3) is 3.07. The molecule has 1 aromatic heterocycles. The molecule has 0 spiro atoms. The van der Waals surface area contributed by atoms with Crippen molar-refractivity contribution in [3.05, 3.63) is 57.9 Å². The SMILES string of the molecule is CC(C)n1c(=O)sc2cc(S(=O)(=O)Nc3cccc(F)c3)ccc21. The largest absolute Gasteiger partial charge is 0.308 e. The molecule has 0 aliphatic heterocycles. The predicted molar refractivity (Wildman–Crippen MR) is 93.7 cm³/mol. The van der Waals surface area contributed by atoms with Crippen molar-refractivity contribution < 1.29 is 12.8 Å². The van der Waals surface area contributed by atoms with E-state index >= 15 is 0 Å². The minimum Gasteiger partial charge on any atom is -0.296 e. The molecule has 1 N–H and O–H groups in total. The highest BCUT2D eigenvalue weighted by Gasteiger charge is 2.18. The molecule has 126 valence electrons. The van der Waals surface area contributed by atoms with Crippen LogP contribution in [0.1, 0.15) is 19.9 Å². The van der Waals surface area contributed by atoms with E-state index in [1.807, 2.05) is 13.8 Å². The maximum Gasteiger partial charge on any atom is 0.308 e. The number of nitrogens with one attached hydrogen (secondary N) is 1. The highest BCUT2D eigenvalue weighted by Crippen LogP contribution is 2.25. The van der Waals surface area contributed by atoms with E-state index in [0.717, 1.165) is 17.4 Å². The molecule has 0 aliphatic carbocycles. The topological polar surface area (TPSA) is 68.2 Å². The summed E-state index contributed by atoms with van der Waals surface area (Å²) in [6.45, 7) is 3.79. The number of nitrogens with zero attached hydrogens (tertiary/aromatic N) is 1. The molecule has 0 bridgehead atoms. The smallest absolute Gasteiger partial charge is 0.296 e. The molecule has 0 atom stereocenters. The van der Waals surface area contributed by atoms with E-state index in [4.69, 9.17) is 0 Å². The lowest BCUT2D eigenvalue weighted by Crippen LogP contribution is -2.15. The summed E-state index contributed by atoms with van der Waals surface area (Å²) < 4.78 is 42.7. The summed E-state index contributed by atoms with van der Waals surface area (Å²) in [7, 11) is -3.87. The Hall–Kier alpha value is -2.19. The van der Waals surface area contributed by atoms with Crippen LogP contribution in [0.3, 0.4) is 0 Å². The van der Waals surface area contributed by atoms with Crippen LogP contribution in [0, 0.1) is 5.82 Å². The molecule has 0 saturated carbocycles. The number of hydrogen-bond donors (Lipinski definition) is 1. The van der Waals surface area contributed by atoms with Gasteiger partial charge in [-0.25, -0.2) is 12.8 Å². The number of thiazole rings is 1. The Balaban J connectivity index is 2.04. The average Bonchev–Trinajstić information content (AvgIpc) is 2.81. The average molecular weight is 366 g/mol. The van der Waals surface area contributed by atoms with Crippen LogP contribution in [0.5, 0.6) is 0 Å². The zero-order chi connectivity index (χ0) is 17.5. The lowest BCUT2D eigenvalue weighted by Gasteiger charge is -2.10. The van der Waals surface area contributed by atoms with E-state index in [1.54, 1.807) is 10.6 Å². The molecular formula is C16H15FN2O3S2. The van der Waals surface area contributed by atoms with Gasteiger partial charge in [0, 0.05) is 6.04 Å². The molecule has 0 fully saturated rings. The summed E-state index contributed by atoms with van der Waals surface area (Å²) in [5.41, 5.74) is 0.841. The molecule has 2 aromatic carbocycles. The zero-order valence-electron chi connectivity index (χ0n) is 13.0. The van der Waals surface area contributed by atoms with Crippen molar-refractivity contribution in [3.63, 3.8) is 0 Å². The fourth-order valence-electron chi connectivity index (χ4n) is 2.44. The van der Waals surface area contributed by atoms with E-state index in [0.29, 0.717) is 10.2 Å². The summed E-state index contributed by atoms with van der Waals surface area (Å²) in [5.74, 6) is -0.530.